The van der Waals surface area contributed by atoms with Crippen LogP contribution in [0.4, 0.5) is 0 Å². The van der Waals surface area contributed by atoms with Gasteiger partial charge in [-0.25, -0.2) is 4.79 Å². The molecule has 1 aliphatic rings. The number of benzene rings is 1. The fourth-order valence-corrected chi connectivity index (χ4v) is 5.92. The van der Waals surface area contributed by atoms with E-state index in [9.17, 15) is 33.6 Å². The van der Waals surface area contributed by atoms with E-state index in [-0.39, 0.29) is 39.5 Å². The van der Waals surface area contributed by atoms with Crippen LogP contribution >= 0.6 is 0 Å². The number of nitrogens with zero attached hydrogens (tertiary/aromatic N) is 1. The van der Waals surface area contributed by atoms with Crippen molar-refractivity contribution in [1.82, 2.24) is 15.6 Å². The van der Waals surface area contributed by atoms with Gasteiger partial charge in [0.05, 0.1) is 64.7 Å². The van der Waals surface area contributed by atoms with Crippen molar-refractivity contribution in [2.24, 2.45) is 0 Å². The summed E-state index contributed by atoms with van der Waals surface area (Å²) in [5.74, 6) is -6.21. The van der Waals surface area contributed by atoms with Crippen molar-refractivity contribution in [2.75, 3.05) is 53.3 Å². The summed E-state index contributed by atoms with van der Waals surface area (Å²) in [4.78, 5) is 93.8. The Morgan fingerprint density at radius 2 is 1.58 bits per heavy atom. The van der Waals surface area contributed by atoms with Crippen LogP contribution in [0.5, 0.6) is 0 Å². The number of pyridine rings is 1. The first-order valence-electron chi connectivity index (χ1n) is 18.4. The second kappa shape index (κ2) is 24.1. The van der Waals surface area contributed by atoms with Gasteiger partial charge in [0.25, 0.3) is 11.7 Å². The molecule has 19 heteroatoms. The average molecular weight is 828 g/mol. The summed E-state index contributed by atoms with van der Waals surface area (Å²) in [6.45, 7) is 2.80. The van der Waals surface area contributed by atoms with Gasteiger partial charge in [-0.2, -0.15) is 0 Å². The van der Waals surface area contributed by atoms with E-state index in [0.717, 1.165) is 40.4 Å². The first-order valence-corrected chi connectivity index (χ1v) is 18.4. The second-order valence-electron chi connectivity index (χ2n) is 12.9. The van der Waals surface area contributed by atoms with Crippen LogP contribution in [0.25, 0.3) is 11.3 Å². The lowest BCUT2D eigenvalue weighted by atomic mass is 9.87. The van der Waals surface area contributed by atoms with Crippen LogP contribution in [0.15, 0.2) is 48.7 Å². The van der Waals surface area contributed by atoms with Gasteiger partial charge in [-0.15, -0.1) is 6.42 Å². The molecule has 0 bridgehead atoms. The highest BCUT2D eigenvalue weighted by Gasteiger charge is 2.59. The van der Waals surface area contributed by atoms with Gasteiger partial charge in [-0.05, 0) is 11.6 Å². The topological polar surface area (TPSA) is 240 Å². The number of hydrogen-bond donors (Lipinski definition) is 2. The molecule has 1 aromatic heterocycles. The number of terminal acetylenes is 1. The van der Waals surface area contributed by atoms with E-state index in [1.54, 1.807) is 12.1 Å². The highest BCUT2D eigenvalue weighted by atomic mass is 16.7. The Morgan fingerprint density at radius 1 is 0.881 bits per heavy atom. The number of methoxy groups -OCH3 is 1. The molecule has 0 spiro atoms. The summed E-state index contributed by atoms with van der Waals surface area (Å²) in [7, 11) is 1.03. The van der Waals surface area contributed by atoms with Crippen LogP contribution in [-0.2, 0) is 82.6 Å². The van der Waals surface area contributed by atoms with E-state index in [1.807, 2.05) is 30.3 Å². The zero-order chi connectivity index (χ0) is 43.4. The standard InChI is InChI=1S/C40H49N3O16/c1-7-15-52-16-17-53-18-19-55-40(39(50)51-6)21-32(56-26(3)45)36(43-35(49)24-54-25(2)44)38(59-40)37(58-28(5)47)33(57-27(4)46)23-42-34(48)20-29-13-14-31(41-22-29)30-11-9-8-10-12-30/h1,8-14,22,32-33,36-38H,15-21,23-24H2,2-6H3,(H,42,48)(H,43,49)/t32-,33+,36+,37+,38+,40+/m0/s1. The number of nitrogens with one attached hydrogen (secondary N) is 2. The Bertz CT molecular complexity index is 1780. The van der Waals surface area contributed by atoms with Crippen molar-refractivity contribution in [3.63, 3.8) is 0 Å². The van der Waals surface area contributed by atoms with Crippen molar-refractivity contribution in [3.8, 4) is 23.6 Å². The first kappa shape index (κ1) is 47.4. The molecular weight excluding hydrogens is 778 g/mol. The predicted octanol–water partition coefficient (Wildman–Crippen LogP) is 0.592. The molecule has 19 nitrogen and oxygen atoms in total. The molecule has 0 unspecified atom stereocenters. The van der Waals surface area contributed by atoms with Crippen molar-refractivity contribution in [3.05, 3.63) is 54.2 Å². The Kier molecular flexibility index (Phi) is 19.4. The van der Waals surface area contributed by atoms with Crippen molar-refractivity contribution in [2.45, 2.75) is 76.8 Å². The molecular formula is C40H49N3O16. The van der Waals surface area contributed by atoms with Crippen LogP contribution in [0.3, 0.4) is 0 Å². The number of esters is 5. The van der Waals surface area contributed by atoms with Crippen molar-refractivity contribution < 1.29 is 76.2 Å². The quantitative estimate of drug-likeness (QED) is 0.0715. The third-order valence-corrected chi connectivity index (χ3v) is 8.29. The van der Waals surface area contributed by atoms with E-state index in [1.165, 1.54) is 6.20 Å². The van der Waals surface area contributed by atoms with Crippen LogP contribution in [-0.4, -0.2) is 136 Å². The number of amides is 2. The molecule has 6 atom stereocenters. The molecule has 0 saturated carbocycles. The van der Waals surface area contributed by atoms with Gasteiger partial charge >= 0.3 is 29.8 Å². The lowest BCUT2D eigenvalue weighted by Crippen LogP contribution is -2.70. The molecule has 2 heterocycles. The van der Waals surface area contributed by atoms with Gasteiger partial charge < -0.3 is 53.3 Å². The summed E-state index contributed by atoms with van der Waals surface area (Å²) in [5, 5.41) is 5.19. The summed E-state index contributed by atoms with van der Waals surface area (Å²) in [5.41, 5.74) is 2.11. The van der Waals surface area contributed by atoms with Gasteiger partial charge in [0, 0.05) is 39.5 Å². The Balaban J connectivity index is 2.00. The molecule has 2 aromatic rings. The highest BCUT2D eigenvalue weighted by molar-refractivity contribution is 5.81. The molecule has 1 saturated heterocycles. The average Bonchev–Trinajstić information content (AvgIpc) is 3.19. The number of hydrogen-bond acceptors (Lipinski definition) is 17. The number of carbonyl (C=O) groups is 7. The minimum absolute atomic E-state index is 0.0681. The molecule has 1 aromatic carbocycles. The Morgan fingerprint density at radius 3 is 2.19 bits per heavy atom. The summed E-state index contributed by atoms with van der Waals surface area (Å²) >= 11 is 0. The van der Waals surface area contributed by atoms with E-state index in [0.29, 0.717) is 11.3 Å². The van der Waals surface area contributed by atoms with E-state index in [2.05, 4.69) is 21.5 Å². The number of rotatable bonds is 22. The largest absolute Gasteiger partial charge is 0.465 e. The van der Waals surface area contributed by atoms with E-state index >= 15 is 0 Å². The molecule has 59 heavy (non-hydrogen) atoms. The minimum Gasteiger partial charge on any atom is -0.465 e. The lowest BCUT2D eigenvalue weighted by molar-refractivity contribution is -0.315. The van der Waals surface area contributed by atoms with E-state index < -0.39 is 97.5 Å². The Hall–Kier alpha value is -5.94. The molecule has 0 radical (unpaired) electrons. The zero-order valence-electron chi connectivity index (χ0n) is 33.4. The highest BCUT2D eigenvalue weighted by Crippen LogP contribution is 2.37. The smallest absolute Gasteiger partial charge is 0.366 e. The molecule has 0 aliphatic carbocycles. The van der Waals surface area contributed by atoms with E-state index in [4.69, 9.17) is 49.1 Å². The van der Waals surface area contributed by atoms with Crippen molar-refractivity contribution in [1.29, 1.82) is 0 Å². The lowest BCUT2D eigenvalue weighted by Gasteiger charge is -2.48. The molecule has 1 fully saturated rings. The summed E-state index contributed by atoms with van der Waals surface area (Å²) in [6, 6.07) is 11.4. The first-order chi connectivity index (χ1) is 28.2. The molecule has 2 amide bonds. The summed E-state index contributed by atoms with van der Waals surface area (Å²) in [6.07, 6.45) is -0.661. The normalized spacial score (nSPS) is 19.4. The SMILES string of the molecule is C#CCOCCOCCO[C@]1(C(=O)OC)C[C@H](OC(C)=O)[C@@H](NC(=O)COC(C)=O)[C@H]([C@H](OC(C)=O)[C@@H](CNC(=O)Cc2ccc(-c3ccccc3)nc2)OC(C)=O)O1. The predicted molar refractivity (Wildman–Crippen MR) is 202 cm³/mol. The van der Waals surface area contributed by atoms with Gasteiger partial charge in [0.1, 0.15) is 18.8 Å². The monoisotopic (exact) mass is 827 g/mol. The number of aromatic nitrogens is 1. The maximum atomic E-state index is 13.6. The van der Waals surface area contributed by atoms with Gasteiger partial charge in [0.2, 0.25) is 5.91 Å². The minimum atomic E-state index is -2.43. The molecule has 2 N–H and O–H groups in total. The van der Waals surface area contributed by atoms with Crippen LogP contribution < -0.4 is 10.6 Å². The van der Waals surface area contributed by atoms with Gasteiger partial charge in [0.15, 0.2) is 18.8 Å². The second-order valence-corrected chi connectivity index (χ2v) is 12.9. The third kappa shape index (κ3) is 15.7. The van der Waals surface area contributed by atoms with Gasteiger partial charge in [-0.1, -0.05) is 42.3 Å². The van der Waals surface area contributed by atoms with Gasteiger partial charge in [-0.3, -0.25) is 33.8 Å². The Labute approximate surface area is 341 Å². The van der Waals surface area contributed by atoms with Crippen LogP contribution in [0.2, 0.25) is 0 Å². The third-order valence-electron chi connectivity index (χ3n) is 8.29. The molecule has 3 rings (SSSR count). The van der Waals surface area contributed by atoms with Crippen LogP contribution in [0, 0.1) is 12.3 Å². The number of ether oxygens (including phenoxy) is 9. The van der Waals surface area contributed by atoms with Crippen LogP contribution in [0.1, 0.15) is 39.7 Å². The molecule has 320 valence electrons. The zero-order valence-corrected chi connectivity index (χ0v) is 33.4. The fourth-order valence-electron chi connectivity index (χ4n) is 5.92. The number of carbonyl (C=O) groups excluding carboxylic acids is 7. The summed E-state index contributed by atoms with van der Waals surface area (Å²) < 4.78 is 49.6. The molecule has 1 aliphatic heterocycles. The fraction of sp³-hybridized carbons (Fsp3) is 0.500. The van der Waals surface area contributed by atoms with Crippen molar-refractivity contribution >= 4 is 41.7 Å². The maximum Gasteiger partial charge on any atom is 0.366 e. The maximum absolute atomic E-state index is 13.6.